The lowest BCUT2D eigenvalue weighted by Gasteiger charge is -2.24. The van der Waals surface area contributed by atoms with Crippen LogP contribution in [0.1, 0.15) is 38.9 Å². The highest BCUT2D eigenvalue weighted by Gasteiger charge is 2.31. The van der Waals surface area contributed by atoms with E-state index in [-0.39, 0.29) is 12.1 Å². The Morgan fingerprint density at radius 3 is 2.89 bits per heavy atom. The van der Waals surface area contributed by atoms with E-state index in [1.807, 2.05) is 10.9 Å². The molecule has 3 N–H and O–H groups in total. The van der Waals surface area contributed by atoms with Gasteiger partial charge in [-0.25, -0.2) is 0 Å². The predicted octanol–water partition coefficient (Wildman–Crippen LogP) is 1.26. The molecule has 5 nitrogen and oxygen atoms in total. The third-order valence-corrected chi connectivity index (χ3v) is 3.79. The maximum atomic E-state index is 5.69. The lowest BCUT2D eigenvalue weighted by atomic mass is 9.91. The Labute approximate surface area is 109 Å². The van der Waals surface area contributed by atoms with Gasteiger partial charge >= 0.3 is 0 Å². The van der Waals surface area contributed by atoms with E-state index in [0.717, 1.165) is 25.1 Å². The molecule has 18 heavy (non-hydrogen) atoms. The summed E-state index contributed by atoms with van der Waals surface area (Å²) in [5.41, 5.74) is 4.02. The summed E-state index contributed by atoms with van der Waals surface area (Å²) in [6, 6.07) is 2.71. The third kappa shape index (κ3) is 2.91. The highest BCUT2D eigenvalue weighted by Crippen LogP contribution is 2.25. The van der Waals surface area contributed by atoms with Crippen LogP contribution in [0.5, 0.6) is 0 Å². The summed E-state index contributed by atoms with van der Waals surface area (Å²) in [4.78, 5) is 0. The molecule has 3 atom stereocenters. The molecule has 1 aliphatic rings. The SMILES string of the molecule is CC1OCCC1C(Cc1ccn(C(C)C)n1)NN. The second-order valence-electron chi connectivity index (χ2n) is 5.39. The van der Waals surface area contributed by atoms with Gasteiger partial charge < -0.3 is 4.74 Å². The van der Waals surface area contributed by atoms with E-state index in [9.17, 15) is 0 Å². The summed E-state index contributed by atoms with van der Waals surface area (Å²) in [5, 5.41) is 4.57. The summed E-state index contributed by atoms with van der Waals surface area (Å²) < 4.78 is 7.59. The van der Waals surface area contributed by atoms with Crippen molar-refractivity contribution in [3.8, 4) is 0 Å². The molecule has 2 rings (SSSR count). The first-order valence-corrected chi connectivity index (χ1v) is 6.73. The number of hydrazine groups is 1. The van der Waals surface area contributed by atoms with Gasteiger partial charge in [0.15, 0.2) is 0 Å². The number of rotatable bonds is 5. The Morgan fingerprint density at radius 2 is 2.39 bits per heavy atom. The van der Waals surface area contributed by atoms with E-state index in [2.05, 4.69) is 37.4 Å². The molecule has 5 heteroatoms. The summed E-state index contributed by atoms with van der Waals surface area (Å²) in [5.74, 6) is 6.16. The Bertz CT molecular complexity index is 377. The molecule has 2 heterocycles. The summed E-state index contributed by atoms with van der Waals surface area (Å²) in [6.45, 7) is 7.21. The number of nitrogens with one attached hydrogen (secondary N) is 1. The fraction of sp³-hybridized carbons (Fsp3) is 0.769. The fourth-order valence-corrected chi connectivity index (χ4v) is 2.61. The minimum atomic E-state index is 0.234. The highest BCUT2D eigenvalue weighted by atomic mass is 16.5. The Kier molecular flexibility index (Phi) is 4.37. The molecule has 1 fully saturated rings. The number of nitrogens with two attached hydrogens (primary N) is 1. The van der Waals surface area contributed by atoms with E-state index in [1.165, 1.54) is 0 Å². The molecular formula is C13H24N4O. The first kappa shape index (κ1) is 13.5. The number of nitrogens with zero attached hydrogens (tertiary/aromatic N) is 2. The van der Waals surface area contributed by atoms with Crippen LogP contribution < -0.4 is 11.3 Å². The molecule has 1 aliphatic heterocycles. The first-order chi connectivity index (χ1) is 8.61. The second-order valence-corrected chi connectivity index (χ2v) is 5.39. The van der Waals surface area contributed by atoms with Crippen molar-refractivity contribution in [3.63, 3.8) is 0 Å². The number of hydrogen-bond acceptors (Lipinski definition) is 4. The van der Waals surface area contributed by atoms with Crippen LogP contribution in [0.4, 0.5) is 0 Å². The van der Waals surface area contributed by atoms with Crippen LogP contribution >= 0.6 is 0 Å². The van der Waals surface area contributed by atoms with Crippen LogP contribution in [0.25, 0.3) is 0 Å². The maximum Gasteiger partial charge on any atom is 0.0640 e. The smallest absolute Gasteiger partial charge is 0.0640 e. The average Bonchev–Trinajstić information content (AvgIpc) is 2.95. The molecule has 1 aromatic rings. The topological polar surface area (TPSA) is 65.1 Å². The average molecular weight is 252 g/mol. The minimum absolute atomic E-state index is 0.234. The molecule has 1 saturated heterocycles. The lowest BCUT2D eigenvalue weighted by molar-refractivity contribution is 0.0952. The minimum Gasteiger partial charge on any atom is -0.378 e. The molecule has 102 valence electrons. The second kappa shape index (κ2) is 5.82. The van der Waals surface area contributed by atoms with Crippen LogP contribution in [-0.4, -0.2) is 28.5 Å². The van der Waals surface area contributed by atoms with Crippen LogP contribution in [0.2, 0.25) is 0 Å². The molecule has 3 unspecified atom stereocenters. The zero-order valence-corrected chi connectivity index (χ0v) is 11.5. The van der Waals surface area contributed by atoms with Gasteiger partial charge in [0, 0.05) is 37.2 Å². The summed E-state index contributed by atoms with van der Waals surface area (Å²) >= 11 is 0. The van der Waals surface area contributed by atoms with Gasteiger partial charge in [0.25, 0.3) is 0 Å². The van der Waals surface area contributed by atoms with Crippen LogP contribution in [0.3, 0.4) is 0 Å². The van der Waals surface area contributed by atoms with E-state index < -0.39 is 0 Å². The monoisotopic (exact) mass is 252 g/mol. The van der Waals surface area contributed by atoms with Gasteiger partial charge in [0.05, 0.1) is 11.8 Å². The van der Waals surface area contributed by atoms with Gasteiger partial charge in [0.1, 0.15) is 0 Å². The molecule has 0 spiro atoms. The van der Waals surface area contributed by atoms with E-state index in [4.69, 9.17) is 10.6 Å². The standard InChI is InChI=1S/C13H24N4O/c1-9(2)17-6-4-11(16-17)8-13(15-14)12-5-7-18-10(12)3/h4,6,9-10,12-13,15H,5,7-8,14H2,1-3H3. The van der Waals surface area contributed by atoms with Crippen LogP contribution in [0, 0.1) is 5.92 Å². The Hall–Kier alpha value is -0.910. The van der Waals surface area contributed by atoms with Crippen LogP contribution in [0.15, 0.2) is 12.3 Å². The van der Waals surface area contributed by atoms with Crippen molar-refractivity contribution in [3.05, 3.63) is 18.0 Å². The molecular weight excluding hydrogens is 228 g/mol. The van der Waals surface area contributed by atoms with Gasteiger partial charge in [-0.05, 0) is 33.3 Å². The van der Waals surface area contributed by atoms with Crippen molar-refractivity contribution in [1.82, 2.24) is 15.2 Å². The number of ether oxygens (including phenoxy) is 1. The molecule has 0 aromatic carbocycles. The van der Waals surface area contributed by atoms with Gasteiger partial charge in [0.2, 0.25) is 0 Å². The van der Waals surface area contributed by atoms with E-state index in [0.29, 0.717) is 12.0 Å². The van der Waals surface area contributed by atoms with Crippen molar-refractivity contribution < 1.29 is 4.74 Å². The third-order valence-electron chi connectivity index (χ3n) is 3.79. The van der Waals surface area contributed by atoms with E-state index >= 15 is 0 Å². The summed E-state index contributed by atoms with van der Waals surface area (Å²) in [7, 11) is 0. The Morgan fingerprint density at radius 1 is 1.61 bits per heavy atom. The quantitative estimate of drug-likeness (QED) is 0.612. The predicted molar refractivity (Wildman–Crippen MR) is 70.9 cm³/mol. The highest BCUT2D eigenvalue weighted by molar-refractivity contribution is 5.03. The molecule has 0 saturated carbocycles. The zero-order valence-electron chi connectivity index (χ0n) is 11.5. The van der Waals surface area contributed by atoms with Crippen molar-refractivity contribution in [2.24, 2.45) is 11.8 Å². The molecule has 0 radical (unpaired) electrons. The van der Waals surface area contributed by atoms with E-state index in [1.54, 1.807) is 0 Å². The zero-order chi connectivity index (χ0) is 13.1. The van der Waals surface area contributed by atoms with Crippen molar-refractivity contribution in [2.45, 2.75) is 51.8 Å². The normalized spacial score (nSPS) is 25.8. The van der Waals surface area contributed by atoms with Gasteiger partial charge in [-0.3, -0.25) is 16.0 Å². The summed E-state index contributed by atoms with van der Waals surface area (Å²) in [6.07, 6.45) is 4.23. The molecule has 1 aromatic heterocycles. The molecule has 0 bridgehead atoms. The van der Waals surface area contributed by atoms with Gasteiger partial charge in [-0.2, -0.15) is 5.10 Å². The maximum absolute atomic E-state index is 5.69. The largest absolute Gasteiger partial charge is 0.378 e. The van der Waals surface area contributed by atoms with Gasteiger partial charge in [-0.1, -0.05) is 0 Å². The number of hydrogen-bond donors (Lipinski definition) is 2. The first-order valence-electron chi connectivity index (χ1n) is 6.73. The fourth-order valence-electron chi connectivity index (χ4n) is 2.61. The molecule has 0 aliphatic carbocycles. The molecule has 0 amide bonds. The van der Waals surface area contributed by atoms with Gasteiger partial charge in [-0.15, -0.1) is 0 Å². The Balaban J connectivity index is 2.00. The van der Waals surface area contributed by atoms with Crippen molar-refractivity contribution in [1.29, 1.82) is 0 Å². The number of aromatic nitrogens is 2. The van der Waals surface area contributed by atoms with Crippen LogP contribution in [-0.2, 0) is 11.2 Å². The lowest BCUT2D eigenvalue weighted by Crippen LogP contribution is -2.44. The van der Waals surface area contributed by atoms with Crippen molar-refractivity contribution in [2.75, 3.05) is 6.61 Å². The van der Waals surface area contributed by atoms with Crippen molar-refractivity contribution >= 4 is 0 Å².